The fourth-order valence-electron chi connectivity index (χ4n) is 1.46. The van der Waals surface area contributed by atoms with Gasteiger partial charge in [-0.2, -0.15) is 5.10 Å². The molecule has 0 aliphatic heterocycles. The molecule has 0 spiro atoms. The van der Waals surface area contributed by atoms with Crippen LogP contribution in [-0.4, -0.2) is 22.2 Å². The topological polar surface area (TPSA) is 74.6 Å². The number of hydrogen-bond acceptors (Lipinski definition) is 4. The van der Waals surface area contributed by atoms with Crippen molar-refractivity contribution in [2.24, 2.45) is 5.10 Å². The molecular weight excluding hydrogens is 322 g/mol. The third-order valence-corrected chi connectivity index (χ3v) is 3.25. The number of phenolic OH excluding ortho intramolecular Hbond substituents is 1. The van der Waals surface area contributed by atoms with Crippen LogP contribution in [0.25, 0.3) is 0 Å². The highest BCUT2D eigenvalue weighted by Gasteiger charge is 2.04. The highest BCUT2D eigenvalue weighted by atomic mass is 79.9. The number of nitrogens with one attached hydrogen (secondary N) is 1. The van der Waals surface area contributed by atoms with E-state index >= 15 is 0 Å². The van der Waals surface area contributed by atoms with Crippen molar-refractivity contribution in [3.63, 3.8) is 0 Å². The maximum absolute atomic E-state index is 11.8. The predicted molar refractivity (Wildman–Crippen MR) is 79.8 cm³/mol. The molecule has 0 atom stereocenters. The molecule has 1 aromatic heterocycles. The fraction of sp³-hybridized carbons (Fsp3) is 0.0714. The van der Waals surface area contributed by atoms with Gasteiger partial charge in [-0.05, 0) is 37.3 Å². The van der Waals surface area contributed by atoms with Gasteiger partial charge in [-0.3, -0.25) is 9.78 Å². The highest BCUT2D eigenvalue weighted by molar-refractivity contribution is 9.10. The second kappa shape index (κ2) is 6.29. The standard InChI is InChI=1S/C14H12BrN3O2/c1-9-2-3-10(7-16-9)14(20)18-17-8-11-6-12(19)4-5-13(11)15/h2-8,19H,1H3,(H,18,20)/b17-8-. The maximum atomic E-state index is 11.8. The summed E-state index contributed by atoms with van der Waals surface area (Å²) < 4.78 is 0.769. The molecule has 0 fully saturated rings. The van der Waals surface area contributed by atoms with E-state index in [-0.39, 0.29) is 11.7 Å². The van der Waals surface area contributed by atoms with E-state index in [0.29, 0.717) is 11.1 Å². The quantitative estimate of drug-likeness (QED) is 0.669. The van der Waals surface area contributed by atoms with Crippen LogP contribution < -0.4 is 5.43 Å². The summed E-state index contributed by atoms with van der Waals surface area (Å²) in [7, 11) is 0. The number of aromatic nitrogens is 1. The molecule has 1 aromatic carbocycles. The van der Waals surface area contributed by atoms with Gasteiger partial charge in [0.25, 0.3) is 5.91 Å². The lowest BCUT2D eigenvalue weighted by molar-refractivity contribution is 0.0955. The summed E-state index contributed by atoms with van der Waals surface area (Å²) in [4.78, 5) is 15.8. The van der Waals surface area contributed by atoms with Crippen molar-refractivity contribution in [1.29, 1.82) is 0 Å². The van der Waals surface area contributed by atoms with Crippen molar-refractivity contribution in [3.8, 4) is 5.75 Å². The Kier molecular flexibility index (Phi) is 4.47. The molecule has 102 valence electrons. The Bertz CT molecular complexity index is 654. The largest absolute Gasteiger partial charge is 0.508 e. The van der Waals surface area contributed by atoms with E-state index in [4.69, 9.17) is 0 Å². The van der Waals surface area contributed by atoms with Crippen molar-refractivity contribution in [3.05, 3.63) is 57.8 Å². The van der Waals surface area contributed by atoms with Gasteiger partial charge in [0, 0.05) is 21.9 Å². The molecule has 2 rings (SSSR count). The van der Waals surface area contributed by atoms with E-state index in [2.05, 4.69) is 31.4 Å². The molecule has 1 amide bonds. The number of phenols is 1. The van der Waals surface area contributed by atoms with Crippen LogP contribution in [0.2, 0.25) is 0 Å². The lowest BCUT2D eigenvalue weighted by Gasteiger charge is -2.01. The van der Waals surface area contributed by atoms with Crippen LogP contribution in [0, 0.1) is 6.92 Å². The number of hydrogen-bond donors (Lipinski definition) is 2. The number of aryl methyl sites for hydroxylation is 1. The zero-order valence-electron chi connectivity index (χ0n) is 10.7. The average molecular weight is 334 g/mol. The summed E-state index contributed by atoms with van der Waals surface area (Å²) in [6.07, 6.45) is 2.94. The minimum Gasteiger partial charge on any atom is -0.508 e. The van der Waals surface area contributed by atoms with Gasteiger partial charge in [-0.15, -0.1) is 0 Å². The second-order valence-electron chi connectivity index (χ2n) is 4.09. The lowest BCUT2D eigenvalue weighted by Crippen LogP contribution is -2.17. The van der Waals surface area contributed by atoms with Gasteiger partial charge in [-0.1, -0.05) is 15.9 Å². The molecule has 0 saturated heterocycles. The number of pyridine rings is 1. The minimum atomic E-state index is -0.343. The van der Waals surface area contributed by atoms with Crippen molar-refractivity contribution in [2.45, 2.75) is 6.92 Å². The first-order valence-electron chi connectivity index (χ1n) is 5.81. The number of carbonyl (C=O) groups is 1. The van der Waals surface area contributed by atoms with Crippen molar-refractivity contribution in [1.82, 2.24) is 10.4 Å². The van der Waals surface area contributed by atoms with Crippen LogP contribution in [-0.2, 0) is 0 Å². The minimum absolute atomic E-state index is 0.128. The number of carbonyl (C=O) groups excluding carboxylic acids is 1. The second-order valence-corrected chi connectivity index (χ2v) is 4.95. The number of hydrazone groups is 1. The Morgan fingerprint density at radius 3 is 2.90 bits per heavy atom. The Morgan fingerprint density at radius 1 is 1.40 bits per heavy atom. The van der Waals surface area contributed by atoms with Crippen LogP contribution in [0.1, 0.15) is 21.6 Å². The first-order valence-corrected chi connectivity index (χ1v) is 6.60. The molecule has 0 saturated carbocycles. The Balaban J connectivity index is 2.04. The third-order valence-electron chi connectivity index (χ3n) is 2.52. The van der Waals surface area contributed by atoms with Crippen LogP contribution in [0.4, 0.5) is 0 Å². The Labute approximate surface area is 124 Å². The van der Waals surface area contributed by atoms with Crippen LogP contribution >= 0.6 is 15.9 Å². The van der Waals surface area contributed by atoms with E-state index < -0.39 is 0 Å². The number of nitrogens with zero attached hydrogens (tertiary/aromatic N) is 2. The van der Waals surface area contributed by atoms with E-state index in [1.165, 1.54) is 18.5 Å². The average Bonchev–Trinajstić information content (AvgIpc) is 2.43. The number of aromatic hydroxyl groups is 1. The first kappa shape index (κ1) is 14.2. The molecule has 1 heterocycles. The number of amides is 1. The summed E-state index contributed by atoms with van der Waals surface area (Å²) in [6, 6.07) is 8.22. The Morgan fingerprint density at radius 2 is 2.20 bits per heavy atom. The summed E-state index contributed by atoms with van der Waals surface area (Å²) in [5.41, 5.74) is 4.34. The predicted octanol–water partition coefficient (Wildman–Crippen LogP) is 2.62. The van der Waals surface area contributed by atoms with Crippen LogP contribution in [0.15, 0.2) is 46.1 Å². The van der Waals surface area contributed by atoms with E-state index in [0.717, 1.165) is 10.2 Å². The van der Waals surface area contributed by atoms with Gasteiger partial charge in [0.1, 0.15) is 5.75 Å². The number of rotatable bonds is 3. The molecule has 0 radical (unpaired) electrons. The summed E-state index contributed by atoms with van der Waals surface area (Å²) >= 11 is 3.33. The monoisotopic (exact) mass is 333 g/mol. The van der Waals surface area contributed by atoms with Gasteiger partial charge < -0.3 is 5.11 Å². The lowest BCUT2D eigenvalue weighted by atomic mass is 10.2. The highest BCUT2D eigenvalue weighted by Crippen LogP contribution is 2.19. The van der Waals surface area contributed by atoms with Gasteiger partial charge >= 0.3 is 0 Å². The molecule has 2 N–H and O–H groups in total. The summed E-state index contributed by atoms with van der Waals surface area (Å²) in [5.74, 6) is -0.214. The van der Waals surface area contributed by atoms with Gasteiger partial charge in [-0.25, -0.2) is 5.43 Å². The smallest absolute Gasteiger partial charge is 0.272 e. The zero-order valence-corrected chi connectivity index (χ0v) is 12.3. The molecule has 20 heavy (non-hydrogen) atoms. The van der Waals surface area contributed by atoms with Crippen molar-refractivity contribution >= 4 is 28.1 Å². The van der Waals surface area contributed by atoms with Gasteiger partial charge in [0.05, 0.1) is 11.8 Å². The van der Waals surface area contributed by atoms with Gasteiger partial charge in [0.15, 0.2) is 0 Å². The number of halogens is 1. The van der Waals surface area contributed by atoms with E-state index in [1.54, 1.807) is 24.3 Å². The number of benzene rings is 1. The molecular formula is C14H12BrN3O2. The normalized spacial score (nSPS) is 10.7. The molecule has 5 nitrogen and oxygen atoms in total. The van der Waals surface area contributed by atoms with Crippen LogP contribution in [0.5, 0.6) is 5.75 Å². The maximum Gasteiger partial charge on any atom is 0.272 e. The molecule has 0 bridgehead atoms. The van der Waals surface area contributed by atoms with E-state index in [1.807, 2.05) is 6.92 Å². The van der Waals surface area contributed by atoms with Crippen molar-refractivity contribution in [2.75, 3.05) is 0 Å². The molecule has 0 unspecified atom stereocenters. The SMILES string of the molecule is Cc1ccc(C(=O)N/N=C\c2cc(O)ccc2Br)cn1. The van der Waals surface area contributed by atoms with Crippen molar-refractivity contribution < 1.29 is 9.90 Å². The van der Waals surface area contributed by atoms with Gasteiger partial charge in [0.2, 0.25) is 0 Å². The molecule has 6 heteroatoms. The molecule has 0 aliphatic rings. The summed E-state index contributed by atoms with van der Waals surface area (Å²) in [5, 5.41) is 13.2. The first-order chi connectivity index (χ1) is 9.56. The molecule has 2 aromatic rings. The van der Waals surface area contributed by atoms with Crippen LogP contribution in [0.3, 0.4) is 0 Å². The molecule has 0 aliphatic carbocycles. The zero-order chi connectivity index (χ0) is 14.5. The summed E-state index contributed by atoms with van der Waals surface area (Å²) in [6.45, 7) is 1.85. The third kappa shape index (κ3) is 3.64. The Hall–Kier alpha value is -2.21. The van der Waals surface area contributed by atoms with E-state index in [9.17, 15) is 9.90 Å². The fourth-order valence-corrected chi connectivity index (χ4v) is 1.81.